The maximum atomic E-state index is 11.1. The number of rotatable bonds is 5. The lowest BCUT2D eigenvalue weighted by Gasteiger charge is -2.25. The van der Waals surface area contributed by atoms with Crippen LogP contribution in [0, 0.1) is 16.0 Å². The fourth-order valence-electron chi connectivity index (χ4n) is 1.87. The fraction of sp³-hybridized carbons (Fsp3) is 0.417. The monoisotopic (exact) mass is 251 g/mol. The van der Waals surface area contributed by atoms with Crippen LogP contribution in [0.5, 0.6) is 5.75 Å². The van der Waals surface area contributed by atoms with E-state index in [9.17, 15) is 14.9 Å². The van der Waals surface area contributed by atoms with Gasteiger partial charge in [-0.2, -0.15) is 0 Å². The predicted molar refractivity (Wildman–Crippen MR) is 62.9 cm³/mol. The van der Waals surface area contributed by atoms with Crippen molar-refractivity contribution in [1.82, 2.24) is 0 Å². The van der Waals surface area contributed by atoms with E-state index in [1.54, 1.807) is 0 Å². The van der Waals surface area contributed by atoms with Gasteiger partial charge in [-0.15, -0.1) is 0 Å². The van der Waals surface area contributed by atoms with Crippen LogP contribution in [0.25, 0.3) is 0 Å². The second-order valence-electron chi connectivity index (χ2n) is 4.32. The van der Waals surface area contributed by atoms with Crippen molar-refractivity contribution in [2.75, 3.05) is 6.61 Å². The molecule has 2 rings (SSSR count). The highest BCUT2D eigenvalue weighted by molar-refractivity contribution is 5.95. The van der Waals surface area contributed by atoms with Crippen molar-refractivity contribution in [2.24, 2.45) is 5.92 Å². The lowest BCUT2D eigenvalue weighted by molar-refractivity contribution is -0.385. The Bertz CT molecular complexity index is 481. The molecule has 6 nitrogen and oxygen atoms in total. The highest BCUT2D eigenvalue weighted by Crippen LogP contribution is 2.31. The van der Waals surface area contributed by atoms with Gasteiger partial charge in [0.15, 0.2) is 5.56 Å². The van der Waals surface area contributed by atoms with Gasteiger partial charge >= 0.3 is 5.97 Å². The predicted octanol–water partition coefficient (Wildman–Crippen LogP) is 2.47. The fourth-order valence-corrected chi connectivity index (χ4v) is 1.87. The standard InChI is InChI=1S/C12H13NO5/c14-12(15)11-9(13(16)17)5-2-6-10(11)18-7-8-3-1-4-8/h2,5-6,8H,1,3-4,7H2,(H,14,15). The van der Waals surface area contributed by atoms with Gasteiger partial charge in [-0.1, -0.05) is 12.5 Å². The first-order valence-corrected chi connectivity index (χ1v) is 5.73. The maximum Gasteiger partial charge on any atom is 0.346 e. The van der Waals surface area contributed by atoms with E-state index in [-0.39, 0.29) is 11.3 Å². The van der Waals surface area contributed by atoms with Crippen molar-refractivity contribution >= 4 is 11.7 Å². The normalized spacial score (nSPS) is 14.9. The molecule has 0 amide bonds. The van der Waals surface area contributed by atoms with Gasteiger partial charge in [0.1, 0.15) is 5.75 Å². The third-order valence-electron chi connectivity index (χ3n) is 3.11. The minimum Gasteiger partial charge on any atom is -0.492 e. The number of carbonyl (C=O) groups is 1. The zero-order valence-electron chi connectivity index (χ0n) is 9.67. The Morgan fingerprint density at radius 3 is 2.72 bits per heavy atom. The summed E-state index contributed by atoms with van der Waals surface area (Å²) in [6, 6.07) is 4.05. The molecule has 1 aromatic carbocycles. The molecule has 0 atom stereocenters. The molecule has 96 valence electrons. The van der Waals surface area contributed by atoms with E-state index in [2.05, 4.69) is 0 Å². The molecule has 6 heteroatoms. The third kappa shape index (κ3) is 2.42. The molecular formula is C12H13NO5. The van der Waals surface area contributed by atoms with Crippen molar-refractivity contribution in [3.8, 4) is 5.75 Å². The van der Waals surface area contributed by atoms with Crippen molar-refractivity contribution < 1.29 is 19.6 Å². The van der Waals surface area contributed by atoms with Gasteiger partial charge in [-0.25, -0.2) is 4.79 Å². The Labute approximate surface area is 103 Å². The van der Waals surface area contributed by atoms with E-state index in [1.165, 1.54) is 18.2 Å². The molecule has 1 aliphatic rings. The maximum absolute atomic E-state index is 11.1. The second kappa shape index (κ2) is 5.03. The average molecular weight is 251 g/mol. The Morgan fingerprint density at radius 1 is 1.50 bits per heavy atom. The zero-order valence-corrected chi connectivity index (χ0v) is 9.67. The number of nitro groups is 1. The van der Waals surface area contributed by atoms with Gasteiger partial charge in [0.05, 0.1) is 11.5 Å². The minimum absolute atomic E-state index is 0.0728. The van der Waals surface area contributed by atoms with Crippen molar-refractivity contribution in [3.63, 3.8) is 0 Å². The molecule has 1 saturated carbocycles. The van der Waals surface area contributed by atoms with Gasteiger partial charge < -0.3 is 9.84 Å². The topological polar surface area (TPSA) is 89.7 Å². The lowest BCUT2D eigenvalue weighted by atomic mass is 9.86. The minimum atomic E-state index is -1.34. The first kappa shape index (κ1) is 12.3. The number of aromatic carboxylic acids is 1. The quantitative estimate of drug-likeness (QED) is 0.641. The van der Waals surface area contributed by atoms with E-state index in [1.807, 2.05) is 0 Å². The summed E-state index contributed by atoms with van der Waals surface area (Å²) in [5.74, 6) is -0.833. The first-order chi connectivity index (χ1) is 8.59. The molecule has 0 saturated heterocycles. The summed E-state index contributed by atoms with van der Waals surface area (Å²) in [7, 11) is 0. The molecular weight excluding hydrogens is 238 g/mol. The Hall–Kier alpha value is -2.11. The summed E-state index contributed by atoms with van der Waals surface area (Å²) >= 11 is 0. The number of nitro benzene ring substituents is 1. The zero-order chi connectivity index (χ0) is 13.1. The Morgan fingerprint density at radius 2 is 2.22 bits per heavy atom. The number of ether oxygens (including phenoxy) is 1. The van der Waals surface area contributed by atoms with Crippen LogP contribution in [-0.2, 0) is 0 Å². The molecule has 0 unspecified atom stereocenters. The van der Waals surface area contributed by atoms with Crippen molar-refractivity contribution in [3.05, 3.63) is 33.9 Å². The van der Waals surface area contributed by atoms with Crippen LogP contribution >= 0.6 is 0 Å². The average Bonchev–Trinajstić information content (AvgIpc) is 2.26. The van der Waals surface area contributed by atoms with Crippen LogP contribution in [0.15, 0.2) is 18.2 Å². The van der Waals surface area contributed by atoms with Gasteiger partial charge in [0, 0.05) is 6.07 Å². The number of benzene rings is 1. The number of carboxylic acids is 1. The molecule has 0 aliphatic heterocycles. The molecule has 0 heterocycles. The summed E-state index contributed by atoms with van der Waals surface area (Å²) in [5, 5.41) is 19.8. The largest absolute Gasteiger partial charge is 0.492 e. The summed E-state index contributed by atoms with van der Waals surface area (Å²) in [4.78, 5) is 21.2. The van der Waals surface area contributed by atoms with E-state index < -0.39 is 16.6 Å². The summed E-state index contributed by atoms with van der Waals surface area (Å²) in [5.41, 5.74) is -0.810. The van der Waals surface area contributed by atoms with Gasteiger partial charge in [0.25, 0.3) is 5.69 Å². The lowest BCUT2D eigenvalue weighted by Crippen LogP contribution is -2.20. The third-order valence-corrected chi connectivity index (χ3v) is 3.11. The molecule has 1 fully saturated rings. The van der Waals surface area contributed by atoms with Crippen LogP contribution in [0.1, 0.15) is 29.6 Å². The van der Waals surface area contributed by atoms with Gasteiger partial charge in [-0.3, -0.25) is 10.1 Å². The molecule has 0 bridgehead atoms. The highest BCUT2D eigenvalue weighted by atomic mass is 16.6. The molecule has 0 aromatic heterocycles. The Kier molecular flexibility index (Phi) is 3.45. The van der Waals surface area contributed by atoms with E-state index in [4.69, 9.17) is 9.84 Å². The molecule has 0 spiro atoms. The first-order valence-electron chi connectivity index (χ1n) is 5.73. The Balaban J connectivity index is 2.24. The molecule has 0 radical (unpaired) electrons. The molecule has 1 aliphatic carbocycles. The summed E-state index contributed by atoms with van der Waals surface area (Å²) < 4.78 is 5.41. The summed E-state index contributed by atoms with van der Waals surface area (Å²) in [6.07, 6.45) is 3.30. The van der Waals surface area contributed by atoms with Gasteiger partial charge in [0.2, 0.25) is 0 Å². The second-order valence-corrected chi connectivity index (χ2v) is 4.32. The number of hydrogen-bond acceptors (Lipinski definition) is 4. The van der Waals surface area contributed by atoms with Crippen LogP contribution < -0.4 is 4.74 Å². The molecule has 18 heavy (non-hydrogen) atoms. The van der Waals surface area contributed by atoms with Crippen molar-refractivity contribution in [1.29, 1.82) is 0 Å². The highest BCUT2D eigenvalue weighted by Gasteiger charge is 2.26. The van der Waals surface area contributed by atoms with Crippen molar-refractivity contribution in [2.45, 2.75) is 19.3 Å². The van der Waals surface area contributed by atoms with Gasteiger partial charge in [-0.05, 0) is 24.8 Å². The molecule has 1 N–H and O–H groups in total. The van der Waals surface area contributed by atoms with Crippen LogP contribution in [0.2, 0.25) is 0 Å². The number of hydrogen-bond donors (Lipinski definition) is 1. The summed E-state index contributed by atoms with van der Waals surface area (Å²) in [6.45, 7) is 0.418. The SMILES string of the molecule is O=C(O)c1c(OCC2CCC2)cccc1[N+](=O)[O-]. The van der Waals surface area contributed by atoms with Crippen LogP contribution in [0.3, 0.4) is 0 Å². The number of carboxylic acid groups (broad SMARTS) is 1. The number of nitrogens with zero attached hydrogens (tertiary/aromatic N) is 1. The van der Waals surface area contributed by atoms with E-state index >= 15 is 0 Å². The smallest absolute Gasteiger partial charge is 0.346 e. The van der Waals surface area contributed by atoms with Crippen LogP contribution in [0.4, 0.5) is 5.69 Å². The van der Waals surface area contributed by atoms with E-state index in [0.29, 0.717) is 12.5 Å². The van der Waals surface area contributed by atoms with E-state index in [0.717, 1.165) is 19.3 Å². The molecule has 1 aromatic rings. The van der Waals surface area contributed by atoms with Crippen LogP contribution in [-0.4, -0.2) is 22.6 Å².